The average Bonchev–Trinajstić information content (AvgIpc) is 3.17. The lowest BCUT2D eigenvalue weighted by Gasteiger charge is -2.21. The Morgan fingerprint density at radius 2 is 1.86 bits per heavy atom. The van der Waals surface area contributed by atoms with Crippen LogP contribution in [0.5, 0.6) is 0 Å². The molecule has 1 N–H and O–H groups in total. The highest BCUT2D eigenvalue weighted by atomic mass is 32.2. The Balaban J connectivity index is 1.68. The number of amides is 1. The lowest BCUT2D eigenvalue weighted by molar-refractivity contribution is -0.115. The van der Waals surface area contributed by atoms with E-state index in [4.69, 9.17) is 0 Å². The molecule has 1 aliphatic heterocycles. The number of carbonyl (C=O) groups excluding carboxylic acids is 1. The van der Waals surface area contributed by atoms with Crippen LogP contribution < -0.4 is 10.2 Å². The summed E-state index contributed by atoms with van der Waals surface area (Å²) in [6, 6.07) is 7.72. The van der Waals surface area contributed by atoms with E-state index in [2.05, 4.69) is 29.2 Å². The van der Waals surface area contributed by atoms with Gasteiger partial charge in [0.25, 0.3) is 0 Å². The molecule has 1 aliphatic rings. The Bertz CT molecular complexity index is 976. The number of carbonyl (C=O) groups is 1. The maximum Gasteiger partial charge on any atom is 0.228 e. The van der Waals surface area contributed by atoms with E-state index >= 15 is 0 Å². The number of aryl methyl sites for hydroxylation is 1. The van der Waals surface area contributed by atoms with Gasteiger partial charge in [0.05, 0.1) is 29.7 Å². The Kier molecular flexibility index (Phi) is 6.31. The van der Waals surface area contributed by atoms with Crippen molar-refractivity contribution in [3.05, 3.63) is 41.2 Å². The summed E-state index contributed by atoms with van der Waals surface area (Å²) in [4.78, 5) is 14.8. The summed E-state index contributed by atoms with van der Waals surface area (Å²) in [5.74, 6) is 0.222. The van der Waals surface area contributed by atoms with Gasteiger partial charge in [-0.25, -0.2) is 8.42 Å². The van der Waals surface area contributed by atoms with Gasteiger partial charge in [-0.1, -0.05) is 0 Å². The zero-order valence-electron chi connectivity index (χ0n) is 17.6. The van der Waals surface area contributed by atoms with Crippen LogP contribution in [0.1, 0.15) is 43.3 Å². The van der Waals surface area contributed by atoms with Gasteiger partial charge in [-0.05, 0) is 58.4 Å². The van der Waals surface area contributed by atoms with Crippen LogP contribution in [0.2, 0.25) is 0 Å². The first-order valence-electron chi connectivity index (χ1n) is 10.1. The lowest BCUT2D eigenvalue weighted by Crippen LogP contribution is -2.21. The summed E-state index contributed by atoms with van der Waals surface area (Å²) in [6.07, 6.45) is 0.795. The standard InChI is InChI=1S/C21H30N4O3S/c1-5-24(6-2)18-9-7-17(8-10-18)22-21(26)13-20-15(3)23-25(16(20)4)19-11-12-29(27,28)14-19/h7-10,19H,5-6,11-14H2,1-4H3,(H,22,26). The summed E-state index contributed by atoms with van der Waals surface area (Å²) in [5.41, 5.74) is 4.41. The van der Waals surface area contributed by atoms with Gasteiger partial charge in [-0.2, -0.15) is 5.10 Å². The van der Waals surface area contributed by atoms with Crippen LogP contribution in [0.25, 0.3) is 0 Å². The molecule has 2 heterocycles. The van der Waals surface area contributed by atoms with Crippen molar-refractivity contribution >= 4 is 27.1 Å². The van der Waals surface area contributed by atoms with E-state index in [9.17, 15) is 13.2 Å². The van der Waals surface area contributed by atoms with Crippen LogP contribution in [0, 0.1) is 13.8 Å². The third kappa shape index (κ3) is 4.80. The summed E-state index contributed by atoms with van der Waals surface area (Å²) in [6.45, 7) is 9.89. The van der Waals surface area contributed by atoms with E-state index in [0.717, 1.165) is 41.4 Å². The summed E-state index contributed by atoms with van der Waals surface area (Å²) in [7, 11) is -2.99. The minimum atomic E-state index is -2.99. The maximum atomic E-state index is 12.6. The number of hydrogen-bond acceptors (Lipinski definition) is 5. The molecule has 1 atom stereocenters. The highest BCUT2D eigenvalue weighted by Crippen LogP contribution is 2.27. The molecule has 1 fully saturated rings. The number of nitrogens with zero attached hydrogens (tertiary/aromatic N) is 3. The van der Waals surface area contributed by atoms with E-state index in [1.54, 1.807) is 4.68 Å². The Labute approximate surface area is 173 Å². The normalized spacial score (nSPS) is 18.0. The predicted molar refractivity (Wildman–Crippen MR) is 116 cm³/mol. The van der Waals surface area contributed by atoms with Gasteiger partial charge in [0.2, 0.25) is 5.91 Å². The van der Waals surface area contributed by atoms with Crippen molar-refractivity contribution in [1.29, 1.82) is 0 Å². The van der Waals surface area contributed by atoms with Gasteiger partial charge in [0, 0.05) is 35.7 Å². The Morgan fingerprint density at radius 3 is 2.41 bits per heavy atom. The minimum absolute atomic E-state index is 0.106. The molecular weight excluding hydrogens is 388 g/mol. The van der Waals surface area contributed by atoms with Gasteiger partial charge in [-0.15, -0.1) is 0 Å². The fourth-order valence-corrected chi connectivity index (χ4v) is 5.68. The predicted octanol–water partition coefficient (Wildman–Crippen LogP) is 2.89. The smallest absolute Gasteiger partial charge is 0.228 e. The van der Waals surface area contributed by atoms with Gasteiger partial charge in [0.1, 0.15) is 0 Å². The van der Waals surface area contributed by atoms with E-state index in [1.807, 2.05) is 38.1 Å². The Morgan fingerprint density at radius 1 is 1.21 bits per heavy atom. The van der Waals surface area contributed by atoms with E-state index in [1.165, 1.54) is 0 Å². The summed E-state index contributed by atoms with van der Waals surface area (Å²) >= 11 is 0. The quantitative estimate of drug-likeness (QED) is 0.747. The average molecular weight is 419 g/mol. The van der Waals surface area contributed by atoms with Crippen molar-refractivity contribution in [3.63, 3.8) is 0 Å². The van der Waals surface area contributed by atoms with Crippen molar-refractivity contribution in [2.75, 3.05) is 34.8 Å². The molecule has 1 aromatic heterocycles. The molecule has 1 aromatic carbocycles. The number of nitrogens with one attached hydrogen (secondary N) is 1. The zero-order chi connectivity index (χ0) is 21.2. The molecule has 0 spiro atoms. The summed E-state index contributed by atoms with van der Waals surface area (Å²) < 4.78 is 25.4. The Hall–Kier alpha value is -2.35. The van der Waals surface area contributed by atoms with Crippen molar-refractivity contribution in [2.24, 2.45) is 0 Å². The van der Waals surface area contributed by atoms with Crippen LogP contribution in [-0.4, -0.2) is 48.7 Å². The van der Waals surface area contributed by atoms with Crippen molar-refractivity contribution < 1.29 is 13.2 Å². The number of sulfone groups is 1. The van der Waals surface area contributed by atoms with Crippen molar-refractivity contribution in [3.8, 4) is 0 Å². The second kappa shape index (κ2) is 8.57. The molecule has 1 amide bonds. The van der Waals surface area contributed by atoms with E-state index < -0.39 is 9.84 Å². The molecule has 0 radical (unpaired) electrons. The summed E-state index contributed by atoms with van der Waals surface area (Å²) in [5, 5.41) is 7.48. The lowest BCUT2D eigenvalue weighted by atomic mass is 10.1. The second-order valence-electron chi connectivity index (χ2n) is 7.59. The first kappa shape index (κ1) is 21.4. The van der Waals surface area contributed by atoms with E-state index in [0.29, 0.717) is 6.42 Å². The SMILES string of the molecule is CCN(CC)c1ccc(NC(=O)Cc2c(C)nn(C3CCS(=O)(=O)C3)c2C)cc1. The molecule has 8 heteroatoms. The van der Waals surface area contributed by atoms with Crippen LogP contribution in [0.3, 0.4) is 0 Å². The fourth-order valence-electron chi connectivity index (χ4n) is 3.99. The molecule has 2 aromatic rings. The topological polar surface area (TPSA) is 84.3 Å². The molecular formula is C21H30N4O3S. The fraction of sp³-hybridized carbons (Fsp3) is 0.524. The van der Waals surface area contributed by atoms with Crippen LogP contribution in [0.4, 0.5) is 11.4 Å². The highest BCUT2D eigenvalue weighted by molar-refractivity contribution is 7.91. The molecule has 3 rings (SSSR count). The van der Waals surface area contributed by atoms with Gasteiger partial charge in [-0.3, -0.25) is 9.48 Å². The monoisotopic (exact) mass is 418 g/mol. The first-order chi connectivity index (χ1) is 13.7. The van der Waals surface area contributed by atoms with Crippen LogP contribution >= 0.6 is 0 Å². The van der Waals surface area contributed by atoms with Crippen molar-refractivity contribution in [2.45, 2.75) is 46.6 Å². The molecule has 29 heavy (non-hydrogen) atoms. The van der Waals surface area contributed by atoms with E-state index in [-0.39, 0.29) is 29.9 Å². The molecule has 1 saturated heterocycles. The molecule has 158 valence electrons. The molecule has 7 nitrogen and oxygen atoms in total. The second-order valence-corrected chi connectivity index (χ2v) is 9.82. The zero-order valence-corrected chi connectivity index (χ0v) is 18.4. The number of aromatic nitrogens is 2. The number of anilines is 2. The van der Waals surface area contributed by atoms with Gasteiger partial charge in [0.15, 0.2) is 9.84 Å². The largest absolute Gasteiger partial charge is 0.372 e. The number of benzene rings is 1. The van der Waals surface area contributed by atoms with Crippen molar-refractivity contribution in [1.82, 2.24) is 9.78 Å². The molecule has 0 saturated carbocycles. The minimum Gasteiger partial charge on any atom is -0.372 e. The molecule has 0 aliphatic carbocycles. The first-order valence-corrected chi connectivity index (χ1v) is 12.0. The third-order valence-electron chi connectivity index (χ3n) is 5.65. The highest BCUT2D eigenvalue weighted by Gasteiger charge is 2.31. The number of hydrogen-bond donors (Lipinski definition) is 1. The van der Waals surface area contributed by atoms with Gasteiger partial charge < -0.3 is 10.2 Å². The van der Waals surface area contributed by atoms with Crippen LogP contribution in [-0.2, 0) is 21.1 Å². The molecule has 0 bridgehead atoms. The third-order valence-corrected chi connectivity index (χ3v) is 7.40. The molecule has 1 unspecified atom stereocenters. The number of rotatable bonds is 7. The maximum absolute atomic E-state index is 12.6. The van der Waals surface area contributed by atoms with Gasteiger partial charge >= 0.3 is 0 Å². The van der Waals surface area contributed by atoms with Crippen LogP contribution in [0.15, 0.2) is 24.3 Å².